The van der Waals surface area contributed by atoms with Crippen molar-refractivity contribution in [2.45, 2.75) is 19.4 Å². The fourth-order valence-corrected chi connectivity index (χ4v) is 1.69. The van der Waals surface area contributed by atoms with Crippen LogP contribution < -0.4 is 5.32 Å². The number of allylic oxidation sites excluding steroid dienone is 6. The third-order valence-corrected chi connectivity index (χ3v) is 2.60. The molecule has 84 valence electrons. The number of amides is 1. The van der Waals surface area contributed by atoms with Crippen molar-refractivity contribution < 1.29 is 9.18 Å². The molecule has 1 amide bonds. The molecule has 2 rings (SSSR count). The maximum Gasteiger partial charge on any atom is 0.252 e. The van der Waals surface area contributed by atoms with E-state index < -0.39 is 12.2 Å². The summed E-state index contributed by atoms with van der Waals surface area (Å²) in [7, 11) is 0. The molecule has 0 aliphatic heterocycles. The lowest BCUT2D eigenvalue weighted by Gasteiger charge is -2.23. The molecule has 16 heavy (non-hydrogen) atoms. The molecule has 0 spiro atoms. The second kappa shape index (κ2) is 3.74. The van der Waals surface area contributed by atoms with Gasteiger partial charge in [0.15, 0.2) is 0 Å². The molecule has 0 aromatic heterocycles. The fraction of sp³-hybridized carbons (Fsp3) is 0.308. The number of fused-ring (bicyclic) bond motifs is 1. The Bertz CT molecular complexity index is 453. The Morgan fingerprint density at radius 1 is 1.38 bits per heavy atom. The van der Waals surface area contributed by atoms with E-state index in [0.29, 0.717) is 5.57 Å². The van der Waals surface area contributed by atoms with Gasteiger partial charge in [-0.05, 0) is 31.1 Å². The highest BCUT2D eigenvalue weighted by Crippen LogP contribution is 2.31. The molecule has 0 saturated heterocycles. The summed E-state index contributed by atoms with van der Waals surface area (Å²) in [5.41, 5.74) is 1.77. The molecule has 2 nitrogen and oxygen atoms in total. The first-order valence-electron chi connectivity index (χ1n) is 5.23. The molecular weight excluding hydrogens is 205 g/mol. The normalized spacial score (nSPS) is 17.8. The molecule has 2 aliphatic rings. The van der Waals surface area contributed by atoms with Crippen LogP contribution in [0, 0.1) is 0 Å². The number of hydrogen-bond acceptors (Lipinski definition) is 1. The van der Waals surface area contributed by atoms with Gasteiger partial charge in [0, 0.05) is 5.57 Å². The summed E-state index contributed by atoms with van der Waals surface area (Å²) in [6.07, 6.45) is 9.42. The molecule has 0 unspecified atom stereocenters. The summed E-state index contributed by atoms with van der Waals surface area (Å²) >= 11 is 0. The summed E-state index contributed by atoms with van der Waals surface area (Å²) < 4.78 is 12.6. The van der Waals surface area contributed by atoms with Crippen molar-refractivity contribution in [2.75, 3.05) is 6.67 Å². The third kappa shape index (κ3) is 1.85. The molecule has 0 saturated carbocycles. The van der Waals surface area contributed by atoms with Gasteiger partial charge in [-0.1, -0.05) is 24.3 Å². The van der Waals surface area contributed by atoms with Crippen LogP contribution >= 0.6 is 0 Å². The van der Waals surface area contributed by atoms with E-state index in [9.17, 15) is 9.18 Å². The van der Waals surface area contributed by atoms with Crippen LogP contribution in [0.2, 0.25) is 0 Å². The third-order valence-electron chi connectivity index (χ3n) is 2.60. The molecule has 0 radical (unpaired) electrons. The van der Waals surface area contributed by atoms with Gasteiger partial charge < -0.3 is 5.32 Å². The Morgan fingerprint density at radius 2 is 2.12 bits per heavy atom. The van der Waals surface area contributed by atoms with Gasteiger partial charge in [0.2, 0.25) is 0 Å². The summed E-state index contributed by atoms with van der Waals surface area (Å²) in [6, 6.07) is 0. The van der Waals surface area contributed by atoms with Crippen LogP contribution in [0.15, 0.2) is 47.1 Å². The van der Waals surface area contributed by atoms with Crippen molar-refractivity contribution in [3.63, 3.8) is 0 Å². The van der Waals surface area contributed by atoms with E-state index in [2.05, 4.69) is 5.32 Å². The van der Waals surface area contributed by atoms with E-state index in [1.165, 1.54) is 0 Å². The van der Waals surface area contributed by atoms with Gasteiger partial charge in [-0.15, -0.1) is 0 Å². The number of carbonyl (C=O) groups is 1. The second-order valence-corrected chi connectivity index (χ2v) is 4.61. The maximum atomic E-state index is 12.6. The number of rotatable bonds is 3. The summed E-state index contributed by atoms with van der Waals surface area (Å²) in [4.78, 5) is 11.9. The van der Waals surface area contributed by atoms with Crippen LogP contribution in [-0.4, -0.2) is 18.1 Å². The Kier molecular flexibility index (Phi) is 2.54. The molecule has 2 aliphatic carbocycles. The lowest BCUT2D eigenvalue weighted by molar-refractivity contribution is -0.118. The first kappa shape index (κ1) is 10.9. The zero-order valence-electron chi connectivity index (χ0n) is 9.38. The number of alkyl halides is 1. The predicted octanol–water partition coefficient (Wildman–Crippen LogP) is 2.21. The van der Waals surface area contributed by atoms with Crippen LogP contribution in [0.25, 0.3) is 0 Å². The number of carbonyl (C=O) groups excluding carboxylic acids is 1. The van der Waals surface area contributed by atoms with Crippen molar-refractivity contribution in [1.29, 1.82) is 0 Å². The van der Waals surface area contributed by atoms with Crippen molar-refractivity contribution in [3.8, 4) is 0 Å². The minimum absolute atomic E-state index is 0.219. The first-order valence-corrected chi connectivity index (χ1v) is 5.23. The Morgan fingerprint density at radius 3 is 2.81 bits per heavy atom. The zero-order valence-corrected chi connectivity index (χ0v) is 9.38. The molecule has 3 heteroatoms. The topological polar surface area (TPSA) is 29.1 Å². The van der Waals surface area contributed by atoms with Crippen molar-refractivity contribution in [3.05, 3.63) is 47.1 Å². The van der Waals surface area contributed by atoms with E-state index in [4.69, 9.17) is 0 Å². The number of halogens is 1. The molecule has 0 bridgehead atoms. The zero-order chi connectivity index (χ0) is 11.8. The van der Waals surface area contributed by atoms with Gasteiger partial charge in [-0.25, -0.2) is 4.39 Å². The molecule has 0 heterocycles. The highest BCUT2D eigenvalue weighted by molar-refractivity contribution is 6.02. The van der Waals surface area contributed by atoms with Gasteiger partial charge in [0.05, 0.1) is 5.54 Å². The molecular formula is C13H14FNO. The van der Waals surface area contributed by atoms with Crippen LogP contribution in [0.1, 0.15) is 13.8 Å². The maximum absolute atomic E-state index is 12.6. The second-order valence-electron chi connectivity index (χ2n) is 4.61. The standard InChI is InChI=1S/C13H14FNO/c1-13(2,8-14)15-12(16)11-7-6-9-4-3-5-10(9)11/h3-7H,8H2,1-2H3,(H,15,16). The molecule has 0 fully saturated rings. The van der Waals surface area contributed by atoms with E-state index in [-0.39, 0.29) is 5.91 Å². The summed E-state index contributed by atoms with van der Waals surface area (Å²) in [5.74, 6) is -0.219. The van der Waals surface area contributed by atoms with Crippen LogP contribution in [-0.2, 0) is 4.79 Å². The van der Waals surface area contributed by atoms with Gasteiger partial charge in [-0.2, -0.15) is 0 Å². The van der Waals surface area contributed by atoms with Crippen LogP contribution in [0.4, 0.5) is 4.39 Å². The van der Waals surface area contributed by atoms with Crippen molar-refractivity contribution >= 4 is 5.91 Å². The fourth-order valence-electron chi connectivity index (χ4n) is 1.69. The molecule has 0 aromatic carbocycles. The predicted molar refractivity (Wildman–Crippen MR) is 61.6 cm³/mol. The first-order chi connectivity index (χ1) is 7.53. The van der Waals surface area contributed by atoms with E-state index >= 15 is 0 Å². The van der Waals surface area contributed by atoms with Crippen LogP contribution in [0.3, 0.4) is 0 Å². The Balaban J connectivity index is 2.09. The number of nitrogens with one attached hydrogen (secondary N) is 1. The van der Waals surface area contributed by atoms with Gasteiger partial charge in [-0.3, -0.25) is 4.79 Å². The van der Waals surface area contributed by atoms with Gasteiger partial charge >= 0.3 is 0 Å². The quantitative estimate of drug-likeness (QED) is 0.774. The smallest absolute Gasteiger partial charge is 0.252 e. The number of hydrogen-bond donors (Lipinski definition) is 1. The highest BCUT2D eigenvalue weighted by atomic mass is 19.1. The largest absolute Gasteiger partial charge is 0.345 e. The summed E-state index contributed by atoms with van der Waals surface area (Å²) in [6.45, 7) is 2.75. The van der Waals surface area contributed by atoms with Crippen molar-refractivity contribution in [1.82, 2.24) is 5.32 Å². The van der Waals surface area contributed by atoms with Gasteiger partial charge in [0.1, 0.15) is 6.67 Å². The van der Waals surface area contributed by atoms with E-state index in [1.807, 2.05) is 24.3 Å². The SMILES string of the molecule is CC(C)(CF)NC(=O)C1=CC=C2C=CC=C21. The summed E-state index contributed by atoms with van der Waals surface area (Å²) in [5, 5.41) is 2.68. The lowest BCUT2D eigenvalue weighted by atomic mass is 10.0. The van der Waals surface area contributed by atoms with E-state index in [0.717, 1.165) is 11.1 Å². The highest BCUT2D eigenvalue weighted by Gasteiger charge is 2.26. The minimum Gasteiger partial charge on any atom is -0.345 e. The average Bonchev–Trinajstić information content (AvgIpc) is 2.77. The van der Waals surface area contributed by atoms with E-state index in [1.54, 1.807) is 19.9 Å². The van der Waals surface area contributed by atoms with Gasteiger partial charge in [0.25, 0.3) is 5.91 Å². The molecule has 0 atom stereocenters. The lowest BCUT2D eigenvalue weighted by Crippen LogP contribution is -2.45. The molecule has 0 aromatic rings. The molecule has 1 N–H and O–H groups in total. The monoisotopic (exact) mass is 219 g/mol. The Labute approximate surface area is 94.2 Å². The Hall–Kier alpha value is -1.64. The van der Waals surface area contributed by atoms with Crippen molar-refractivity contribution in [2.24, 2.45) is 0 Å². The van der Waals surface area contributed by atoms with Crippen LogP contribution in [0.5, 0.6) is 0 Å². The average molecular weight is 219 g/mol. The minimum atomic E-state index is -0.812.